The van der Waals surface area contributed by atoms with Crippen molar-refractivity contribution in [3.63, 3.8) is 0 Å². The molecule has 0 fully saturated rings. The third kappa shape index (κ3) is 5.68. The number of ether oxygens (including phenoxy) is 2. The number of carbonyl (C=O) groups excluding carboxylic acids is 1. The number of nitrogens with zero attached hydrogens (tertiary/aromatic N) is 2. The molecule has 0 aliphatic rings. The number of anilines is 2. The predicted octanol–water partition coefficient (Wildman–Crippen LogP) is 3.60. The van der Waals surface area contributed by atoms with Gasteiger partial charge in [0.1, 0.15) is 17.8 Å². The van der Waals surface area contributed by atoms with Crippen molar-refractivity contribution >= 4 is 17.4 Å². The third-order valence-electron chi connectivity index (χ3n) is 4.33. The second-order valence-electron chi connectivity index (χ2n) is 6.33. The van der Waals surface area contributed by atoms with Crippen molar-refractivity contribution in [1.82, 2.24) is 15.3 Å². The molecule has 1 aromatic heterocycles. The van der Waals surface area contributed by atoms with E-state index in [1.165, 1.54) is 11.9 Å². The minimum atomic E-state index is -0.226. The molecule has 0 unspecified atom stereocenters. The number of nitrogens with one attached hydrogen (secondary N) is 2. The van der Waals surface area contributed by atoms with Gasteiger partial charge in [-0.15, -0.1) is 0 Å². The van der Waals surface area contributed by atoms with Gasteiger partial charge in [-0.2, -0.15) is 0 Å². The lowest BCUT2D eigenvalue weighted by Gasteiger charge is -2.11. The molecular weight excluding hydrogens is 368 g/mol. The van der Waals surface area contributed by atoms with Crippen molar-refractivity contribution in [1.29, 1.82) is 0 Å². The summed E-state index contributed by atoms with van der Waals surface area (Å²) in [5.41, 5.74) is 2.32. The van der Waals surface area contributed by atoms with E-state index in [4.69, 9.17) is 9.47 Å². The van der Waals surface area contributed by atoms with Gasteiger partial charge in [0.05, 0.1) is 14.2 Å². The van der Waals surface area contributed by atoms with E-state index in [2.05, 4.69) is 32.7 Å². The van der Waals surface area contributed by atoms with Crippen LogP contribution in [0.3, 0.4) is 0 Å². The monoisotopic (exact) mass is 392 g/mol. The van der Waals surface area contributed by atoms with E-state index >= 15 is 0 Å². The first-order chi connectivity index (χ1) is 14.2. The topological polar surface area (TPSA) is 85.4 Å². The van der Waals surface area contributed by atoms with Gasteiger partial charge in [0, 0.05) is 24.4 Å². The van der Waals surface area contributed by atoms with Crippen LogP contribution in [-0.4, -0.2) is 36.6 Å². The van der Waals surface area contributed by atoms with Gasteiger partial charge >= 0.3 is 0 Å². The Bertz CT molecular complexity index is 948. The Morgan fingerprint density at radius 2 is 1.76 bits per heavy atom. The summed E-state index contributed by atoms with van der Waals surface area (Å²) >= 11 is 0. The lowest BCUT2D eigenvalue weighted by atomic mass is 10.1. The molecule has 2 aromatic carbocycles. The van der Waals surface area contributed by atoms with E-state index in [0.29, 0.717) is 29.6 Å². The molecule has 29 heavy (non-hydrogen) atoms. The number of hydrogen-bond donors (Lipinski definition) is 2. The summed E-state index contributed by atoms with van der Waals surface area (Å²) in [5, 5.41) is 6.05. The largest absolute Gasteiger partial charge is 0.493 e. The zero-order chi connectivity index (χ0) is 20.5. The Morgan fingerprint density at radius 3 is 2.52 bits per heavy atom. The number of rotatable bonds is 9. The number of amides is 1. The van der Waals surface area contributed by atoms with Crippen LogP contribution in [0.4, 0.5) is 11.5 Å². The van der Waals surface area contributed by atoms with Gasteiger partial charge in [0.25, 0.3) is 5.91 Å². The Labute approximate surface area is 170 Å². The van der Waals surface area contributed by atoms with Gasteiger partial charge in [0.15, 0.2) is 11.5 Å². The number of hydrogen-bond acceptors (Lipinski definition) is 6. The second kappa shape index (κ2) is 10.1. The molecule has 0 spiro atoms. The Hall–Kier alpha value is -3.61. The number of aromatic nitrogens is 2. The van der Waals surface area contributed by atoms with E-state index in [1.54, 1.807) is 32.4 Å². The second-order valence-corrected chi connectivity index (χ2v) is 6.33. The average Bonchev–Trinajstić information content (AvgIpc) is 2.77. The molecule has 3 rings (SSSR count). The zero-order valence-electron chi connectivity index (χ0n) is 16.5. The first kappa shape index (κ1) is 20.1. The number of benzene rings is 2. The highest BCUT2D eigenvalue weighted by Gasteiger charge is 2.10. The fourth-order valence-electron chi connectivity index (χ4n) is 2.84. The van der Waals surface area contributed by atoms with E-state index < -0.39 is 0 Å². The molecule has 7 nitrogen and oxygen atoms in total. The van der Waals surface area contributed by atoms with Crippen LogP contribution in [0.2, 0.25) is 0 Å². The molecular formula is C22H24N4O3. The summed E-state index contributed by atoms with van der Waals surface area (Å²) < 4.78 is 10.5. The van der Waals surface area contributed by atoms with Crippen molar-refractivity contribution < 1.29 is 14.3 Å². The molecule has 0 bridgehead atoms. The molecule has 0 aliphatic heterocycles. The van der Waals surface area contributed by atoms with Crippen LogP contribution in [-0.2, 0) is 6.42 Å². The first-order valence-electron chi connectivity index (χ1n) is 9.33. The van der Waals surface area contributed by atoms with Gasteiger partial charge in [-0.3, -0.25) is 4.79 Å². The maximum atomic E-state index is 12.4. The number of carbonyl (C=O) groups is 1. The molecule has 1 heterocycles. The van der Waals surface area contributed by atoms with Gasteiger partial charge in [-0.25, -0.2) is 9.97 Å². The molecule has 0 saturated heterocycles. The SMILES string of the molecule is COc1ccc(Nc2cc(C(=O)NCCCc3ccccc3)ncn2)cc1OC. The van der Waals surface area contributed by atoms with Crippen molar-refractivity contribution in [2.75, 3.05) is 26.1 Å². The lowest BCUT2D eigenvalue weighted by Crippen LogP contribution is -2.25. The van der Waals surface area contributed by atoms with Gasteiger partial charge in [-0.1, -0.05) is 30.3 Å². The molecule has 0 saturated carbocycles. The Balaban J connectivity index is 1.56. The number of methoxy groups -OCH3 is 2. The van der Waals surface area contributed by atoms with E-state index in [9.17, 15) is 4.79 Å². The Kier molecular flexibility index (Phi) is 7.00. The van der Waals surface area contributed by atoms with Crippen LogP contribution in [0.25, 0.3) is 0 Å². The third-order valence-corrected chi connectivity index (χ3v) is 4.33. The highest BCUT2D eigenvalue weighted by atomic mass is 16.5. The van der Waals surface area contributed by atoms with E-state index in [1.807, 2.05) is 24.3 Å². The van der Waals surface area contributed by atoms with Crippen molar-refractivity contribution in [3.8, 4) is 11.5 Å². The first-order valence-corrected chi connectivity index (χ1v) is 9.33. The van der Waals surface area contributed by atoms with Crippen LogP contribution < -0.4 is 20.1 Å². The minimum Gasteiger partial charge on any atom is -0.493 e. The Morgan fingerprint density at radius 1 is 0.966 bits per heavy atom. The molecule has 1 amide bonds. The molecule has 0 radical (unpaired) electrons. The molecule has 2 N–H and O–H groups in total. The fourth-order valence-corrected chi connectivity index (χ4v) is 2.84. The normalized spacial score (nSPS) is 10.3. The average molecular weight is 392 g/mol. The van der Waals surface area contributed by atoms with E-state index in [-0.39, 0.29) is 5.91 Å². The van der Waals surface area contributed by atoms with Gasteiger partial charge in [-0.05, 0) is 30.5 Å². The predicted molar refractivity (Wildman–Crippen MR) is 112 cm³/mol. The van der Waals surface area contributed by atoms with Crippen molar-refractivity contribution in [2.45, 2.75) is 12.8 Å². The highest BCUT2D eigenvalue weighted by molar-refractivity contribution is 5.92. The van der Waals surface area contributed by atoms with Crippen LogP contribution in [0.15, 0.2) is 60.9 Å². The van der Waals surface area contributed by atoms with Gasteiger partial charge in [0.2, 0.25) is 0 Å². The molecule has 7 heteroatoms. The smallest absolute Gasteiger partial charge is 0.270 e. The minimum absolute atomic E-state index is 0.226. The summed E-state index contributed by atoms with van der Waals surface area (Å²) in [5.74, 6) is 1.52. The molecule has 0 aliphatic carbocycles. The maximum Gasteiger partial charge on any atom is 0.270 e. The molecule has 150 valence electrons. The van der Waals surface area contributed by atoms with Gasteiger partial charge < -0.3 is 20.1 Å². The van der Waals surface area contributed by atoms with Crippen LogP contribution >= 0.6 is 0 Å². The quantitative estimate of drug-likeness (QED) is 0.541. The number of aryl methyl sites for hydroxylation is 1. The summed E-state index contributed by atoms with van der Waals surface area (Å²) in [6.07, 6.45) is 3.14. The molecule has 0 atom stereocenters. The van der Waals surface area contributed by atoms with Crippen molar-refractivity contribution in [2.24, 2.45) is 0 Å². The van der Waals surface area contributed by atoms with Crippen LogP contribution in [0.5, 0.6) is 11.5 Å². The zero-order valence-corrected chi connectivity index (χ0v) is 16.5. The highest BCUT2D eigenvalue weighted by Crippen LogP contribution is 2.30. The maximum absolute atomic E-state index is 12.4. The fraction of sp³-hybridized carbons (Fsp3) is 0.227. The standard InChI is InChI=1S/C22H24N4O3/c1-28-19-11-10-17(13-20(19)29-2)26-21-14-18(24-15-25-21)22(27)23-12-6-9-16-7-4-3-5-8-16/h3-5,7-8,10-11,13-15H,6,9,12H2,1-2H3,(H,23,27)(H,24,25,26). The van der Waals surface area contributed by atoms with Crippen LogP contribution in [0.1, 0.15) is 22.5 Å². The van der Waals surface area contributed by atoms with E-state index in [0.717, 1.165) is 18.5 Å². The summed E-state index contributed by atoms with van der Waals surface area (Å²) in [6.45, 7) is 0.580. The van der Waals surface area contributed by atoms with Crippen LogP contribution in [0, 0.1) is 0 Å². The summed E-state index contributed by atoms with van der Waals surface area (Å²) in [7, 11) is 3.16. The summed E-state index contributed by atoms with van der Waals surface area (Å²) in [6, 6.07) is 17.2. The molecule has 3 aromatic rings. The lowest BCUT2D eigenvalue weighted by molar-refractivity contribution is 0.0948. The van der Waals surface area contributed by atoms with Crippen molar-refractivity contribution in [3.05, 3.63) is 72.2 Å². The summed E-state index contributed by atoms with van der Waals surface area (Å²) in [4.78, 5) is 20.6.